The van der Waals surface area contributed by atoms with E-state index in [1.54, 1.807) is 11.8 Å². The minimum atomic E-state index is -0.981. The lowest BCUT2D eigenvalue weighted by atomic mass is 10.2. The van der Waals surface area contributed by atoms with E-state index in [-0.39, 0.29) is 6.03 Å². The molecule has 1 unspecified atom stereocenters. The first-order valence-electron chi connectivity index (χ1n) is 6.38. The highest BCUT2D eigenvalue weighted by molar-refractivity contribution is 7.98. The van der Waals surface area contributed by atoms with Crippen molar-refractivity contribution in [2.45, 2.75) is 45.1 Å². The zero-order chi connectivity index (χ0) is 13.8. The third-order valence-electron chi connectivity index (χ3n) is 2.53. The average Bonchev–Trinajstić information content (AvgIpc) is 2.33. The molecule has 0 spiro atoms. The molecule has 0 bridgehead atoms. The van der Waals surface area contributed by atoms with Crippen LogP contribution < -0.4 is 10.6 Å². The van der Waals surface area contributed by atoms with E-state index < -0.39 is 12.0 Å². The van der Waals surface area contributed by atoms with Crippen LogP contribution >= 0.6 is 11.8 Å². The van der Waals surface area contributed by atoms with Crippen LogP contribution in [0.3, 0.4) is 0 Å². The molecule has 0 fully saturated rings. The van der Waals surface area contributed by atoms with Crippen LogP contribution in [0.5, 0.6) is 0 Å². The molecule has 0 rings (SSSR count). The molecule has 0 aliphatic rings. The maximum Gasteiger partial charge on any atom is 0.326 e. The van der Waals surface area contributed by atoms with E-state index in [1.807, 2.05) is 6.26 Å². The Kier molecular flexibility index (Phi) is 10.6. The lowest BCUT2D eigenvalue weighted by Crippen LogP contribution is -2.46. The Morgan fingerprint density at radius 3 is 2.56 bits per heavy atom. The quantitative estimate of drug-likeness (QED) is 0.534. The smallest absolute Gasteiger partial charge is 0.326 e. The molecule has 18 heavy (non-hydrogen) atoms. The molecule has 0 aromatic heterocycles. The lowest BCUT2D eigenvalue weighted by Gasteiger charge is -2.14. The number of urea groups is 1. The zero-order valence-electron chi connectivity index (χ0n) is 11.2. The molecular formula is C12H24N2O3S. The van der Waals surface area contributed by atoms with E-state index in [0.717, 1.165) is 25.7 Å². The molecule has 0 radical (unpaired) electrons. The first-order valence-corrected chi connectivity index (χ1v) is 7.77. The van der Waals surface area contributed by atoms with Gasteiger partial charge in [-0.15, -0.1) is 0 Å². The van der Waals surface area contributed by atoms with Crippen molar-refractivity contribution < 1.29 is 14.7 Å². The van der Waals surface area contributed by atoms with E-state index in [1.165, 1.54) is 0 Å². The molecule has 106 valence electrons. The van der Waals surface area contributed by atoms with E-state index >= 15 is 0 Å². The number of thioether (sulfide) groups is 1. The minimum Gasteiger partial charge on any atom is -0.480 e. The van der Waals surface area contributed by atoms with Gasteiger partial charge in [0, 0.05) is 6.54 Å². The molecule has 0 aromatic rings. The first kappa shape index (κ1) is 17.1. The average molecular weight is 276 g/mol. The van der Waals surface area contributed by atoms with Gasteiger partial charge < -0.3 is 15.7 Å². The lowest BCUT2D eigenvalue weighted by molar-refractivity contribution is -0.139. The Labute approximate surface area is 113 Å². The van der Waals surface area contributed by atoms with Crippen LogP contribution in [0.2, 0.25) is 0 Å². The van der Waals surface area contributed by atoms with Crippen LogP contribution in [-0.4, -0.2) is 41.7 Å². The summed E-state index contributed by atoms with van der Waals surface area (Å²) in [6.07, 6.45) is 6.69. The van der Waals surface area contributed by atoms with Gasteiger partial charge in [0.1, 0.15) is 6.04 Å². The summed E-state index contributed by atoms with van der Waals surface area (Å²) in [5.41, 5.74) is 0. The van der Waals surface area contributed by atoms with Crippen molar-refractivity contribution in [3.63, 3.8) is 0 Å². The van der Waals surface area contributed by atoms with Crippen LogP contribution in [0.4, 0.5) is 4.79 Å². The minimum absolute atomic E-state index is 0.389. The van der Waals surface area contributed by atoms with Crippen molar-refractivity contribution in [2.24, 2.45) is 0 Å². The van der Waals surface area contributed by atoms with E-state index in [0.29, 0.717) is 18.7 Å². The molecule has 6 heteroatoms. The van der Waals surface area contributed by atoms with Crippen molar-refractivity contribution in [1.29, 1.82) is 0 Å². The maximum absolute atomic E-state index is 11.5. The molecule has 0 aliphatic carbocycles. The van der Waals surface area contributed by atoms with Gasteiger partial charge in [0.2, 0.25) is 0 Å². The second-order valence-electron chi connectivity index (χ2n) is 4.13. The van der Waals surface area contributed by atoms with E-state index in [4.69, 9.17) is 5.11 Å². The molecule has 0 heterocycles. The number of hydrogen-bond donors (Lipinski definition) is 3. The topological polar surface area (TPSA) is 78.4 Å². The molecule has 0 aliphatic heterocycles. The number of aliphatic carboxylic acids is 1. The summed E-state index contributed by atoms with van der Waals surface area (Å²) in [7, 11) is 0. The molecular weight excluding hydrogens is 252 g/mol. The molecule has 0 aromatic carbocycles. The predicted molar refractivity (Wildman–Crippen MR) is 75.1 cm³/mol. The molecule has 2 amide bonds. The van der Waals surface area contributed by atoms with Crippen molar-refractivity contribution in [1.82, 2.24) is 10.6 Å². The fourth-order valence-electron chi connectivity index (χ4n) is 1.46. The van der Waals surface area contributed by atoms with E-state index in [2.05, 4.69) is 17.6 Å². The molecule has 3 N–H and O–H groups in total. The number of rotatable bonds is 10. The Hall–Kier alpha value is -0.910. The molecule has 5 nitrogen and oxygen atoms in total. The number of nitrogens with one attached hydrogen (secondary N) is 2. The van der Waals surface area contributed by atoms with Crippen molar-refractivity contribution in [3.8, 4) is 0 Å². The zero-order valence-corrected chi connectivity index (χ0v) is 12.0. The summed E-state index contributed by atoms with van der Waals surface area (Å²) in [5, 5.41) is 14.1. The molecule has 1 atom stereocenters. The molecule has 0 saturated carbocycles. The predicted octanol–water partition coefficient (Wildman–Crippen LogP) is 2.07. The highest BCUT2D eigenvalue weighted by atomic mass is 32.2. The monoisotopic (exact) mass is 276 g/mol. The Bertz CT molecular complexity index is 249. The summed E-state index contributed by atoms with van der Waals surface area (Å²) in [5.74, 6) is -0.265. The van der Waals surface area contributed by atoms with Gasteiger partial charge in [0.25, 0.3) is 0 Å². The van der Waals surface area contributed by atoms with Crippen molar-refractivity contribution in [3.05, 3.63) is 0 Å². The number of carboxylic acid groups (broad SMARTS) is 1. The normalized spacial score (nSPS) is 11.9. The first-order chi connectivity index (χ1) is 8.61. The number of carboxylic acids is 1. The van der Waals surface area contributed by atoms with Gasteiger partial charge in [-0.3, -0.25) is 0 Å². The number of amides is 2. The summed E-state index contributed by atoms with van der Waals surface area (Å²) in [4.78, 5) is 22.4. The largest absolute Gasteiger partial charge is 0.480 e. The summed E-state index contributed by atoms with van der Waals surface area (Å²) < 4.78 is 0. The van der Waals surface area contributed by atoms with Gasteiger partial charge in [0.15, 0.2) is 0 Å². The van der Waals surface area contributed by atoms with Crippen LogP contribution in [0.25, 0.3) is 0 Å². The third-order valence-corrected chi connectivity index (χ3v) is 3.17. The summed E-state index contributed by atoms with van der Waals surface area (Å²) >= 11 is 1.57. The highest BCUT2D eigenvalue weighted by Gasteiger charge is 2.18. The van der Waals surface area contributed by atoms with Crippen molar-refractivity contribution >= 4 is 23.8 Å². The van der Waals surface area contributed by atoms with Gasteiger partial charge in [-0.1, -0.05) is 26.2 Å². The van der Waals surface area contributed by atoms with Crippen molar-refractivity contribution in [2.75, 3.05) is 18.6 Å². The fourth-order valence-corrected chi connectivity index (χ4v) is 1.93. The van der Waals surface area contributed by atoms with Gasteiger partial charge in [-0.2, -0.15) is 11.8 Å². The fraction of sp³-hybridized carbons (Fsp3) is 0.833. The standard InChI is InChI=1S/C12H24N2O3S/c1-3-4-5-6-8-13-12(17)14-10(11(15)16)7-9-18-2/h10H,3-9H2,1-2H3,(H,15,16)(H2,13,14,17). The van der Waals surface area contributed by atoms with Gasteiger partial charge in [-0.25, -0.2) is 9.59 Å². The van der Waals surface area contributed by atoms with E-state index in [9.17, 15) is 9.59 Å². The Balaban J connectivity index is 3.77. The number of unbranched alkanes of at least 4 members (excludes halogenated alkanes) is 3. The Morgan fingerprint density at radius 1 is 1.28 bits per heavy atom. The second-order valence-corrected chi connectivity index (χ2v) is 5.12. The summed E-state index contributed by atoms with van der Waals surface area (Å²) in [6, 6.07) is -1.19. The highest BCUT2D eigenvalue weighted by Crippen LogP contribution is 2.01. The molecule has 0 saturated heterocycles. The van der Waals surface area contributed by atoms with Crippen LogP contribution in [0.1, 0.15) is 39.0 Å². The summed E-state index contributed by atoms with van der Waals surface area (Å²) in [6.45, 7) is 2.73. The van der Waals surface area contributed by atoms with Gasteiger partial charge in [-0.05, 0) is 24.9 Å². The SMILES string of the molecule is CCCCCCNC(=O)NC(CCSC)C(=O)O. The Morgan fingerprint density at radius 2 is 2.00 bits per heavy atom. The second kappa shape index (κ2) is 11.2. The van der Waals surface area contributed by atoms with Crippen LogP contribution in [0, 0.1) is 0 Å². The number of carbonyl (C=O) groups excluding carboxylic acids is 1. The van der Waals surface area contributed by atoms with Gasteiger partial charge >= 0.3 is 12.0 Å². The van der Waals surface area contributed by atoms with Crippen LogP contribution in [0.15, 0.2) is 0 Å². The van der Waals surface area contributed by atoms with Crippen LogP contribution in [-0.2, 0) is 4.79 Å². The number of hydrogen-bond acceptors (Lipinski definition) is 3. The number of carbonyl (C=O) groups is 2. The maximum atomic E-state index is 11.5. The third kappa shape index (κ3) is 9.15. The van der Waals surface area contributed by atoms with Gasteiger partial charge in [0.05, 0.1) is 0 Å².